The summed E-state index contributed by atoms with van der Waals surface area (Å²) in [5, 5.41) is 5.46. The molecular formula is C19H22N6O2S. The average molecular weight is 398 g/mol. The summed E-state index contributed by atoms with van der Waals surface area (Å²) in [5.41, 5.74) is 1.62. The number of hydrogen-bond donors (Lipinski definition) is 0. The van der Waals surface area contributed by atoms with Crippen molar-refractivity contribution in [3.8, 4) is 5.82 Å². The predicted molar refractivity (Wildman–Crippen MR) is 109 cm³/mol. The highest BCUT2D eigenvalue weighted by Crippen LogP contribution is 2.38. The monoisotopic (exact) mass is 398 g/mol. The van der Waals surface area contributed by atoms with Gasteiger partial charge in [-0.15, -0.1) is 11.3 Å². The fourth-order valence-corrected chi connectivity index (χ4v) is 4.60. The number of aryl methyl sites for hydroxylation is 2. The second-order valence-electron chi connectivity index (χ2n) is 6.81. The highest BCUT2D eigenvalue weighted by molar-refractivity contribution is 7.18. The van der Waals surface area contributed by atoms with E-state index in [0.29, 0.717) is 17.2 Å². The van der Waals surface area contributed by atoms with E-state index in [1.54, 1.807) is 40.5 Å². The zero-order valence-corrected chi connectivity index (χ0v) is 17.0. The smallest absolute Gasteiger partial charge is 0.343 e. The van der Waals surface area contributed by atoms with E-state index in [-0.39, 0.29) is 6.61 Å². The van der Waals surface area contributed by atoms with Gasteiger partial charge < -0.3 is 9.64 Å². The Morgan fingerprint density at radius 3 is 2.96 bits per heavy atom. The summed E-state index contributed by atoms with van der Waals surface area (Å²) < 4.78 is 6.80. The van der Waals surface area contributed by atoms with Crippen LogP contribution >= 0.6 is 11.3 Å². The Labute approximate surface area is 166 Å². The molecule has 0 saturated carbocycles. The molecule has 4 rings (SSSR count). The largest absolute Gasteiger partial charge is 0.462 e. The fourth-order valence-electron chi connectivity index (χ4n) is 3.38. The molecule has 3 aromatic rings. The summed E-state index contributed by atoms with van der Waals surface area (Å²) in [5.74, 6) is 0.617. The molecular weight excluding hydrogens is 376 g/mol. The van der Waals surface area contributed by atoms with Crippen LogP contribution in [-0.2, 0) is 17.6 Å². The standard InChI is InChI=1S/C19H22N6O2S/c1-4-27-19(26)13-9-23-25(16(13)22-11-24(2)3)17-15-12-7-5-6-8-14(12)28-18(15)21-10-20-17/h9-11H,4-8H2,1-3H3/b22-11+. The van der Waals surface area contributed by atoms with Gasteiger partial charge in [-0.25, -0.2) is 19.8 Å². The van der Waals surface area contributed by atoms with Crippen molar-refractivity contribution < 1.29 is 9.53 Å². The first-order valence-corrected chi connectivity index (χ1v) is 10.1. The van der Waals surface area contributed by atoms with Gasteiger partial charge in [0.2, 0.25) is 0 Å². The molecule has 1 aliphatic rings. The van der Waals surface area contributed by atoms with Crippen LogP contribution in [0.25, 0.3) is 16.0 Å². The van der Waals surface area contributed by atoms with Crippen LogP contribution in [0.3, 0.4) is 0 Å². The number of carbonyl (C=O) groups excluding carboxylic acids is 1. The van der Waals surface area contributed by atoms with Crippen LogP contribution in [0.15, 0.2) is 17.5 Å². The van der Waals surface area contributed by atoms with Crippen molar-refractivity contribution in [2.45, 2.75) is 32.6 Å². The first-order valence-electron chi connectivity index (χ1n) is 9.31. The van der Waals surface area contributed by atoms with Gasteiger partial charge in [0.05, 0.1) is 24.5 Å². The molecule has 3 heterocycles. The van der Waals surface area contributed by atoms with Gasteiger partial charge in [0.25, 0.3) is 0 Å². The molecule has 0 atom stereocenters. The Hall–Kier alpha value is -2.81. The molecule has 0 saturated heterocycles. The molecule has 0 amide bonds. The molecule has 1 aliphatic carbocycles. The normalized spacial score (nSPS) is 13.8. The van der Waals surface area contributed by atoms with E-state index in [1.807, 2.05) is 14.1 Å². The molecule has 0 radical (unpaired) electrons. The molecule has 0 bridgehead atoms. The van der Waals surface area contributed by atoms with Crippen molar-refractivity contribution in [3.63, 3.8) is 0 Å². The Balaban J connectivity index is 1.92. The van der Waals surface area contributed by atoms with Gasteiger partial charge in [0, 0.05) is 19.0 Å². The lowest BCUT2D eigenvalue weighted by molar-refractivity contribution is 0.0527. The molecule has 9 heteroatoms. The summed E-state index contributed by atoms with van der Waals surface area (Å²) in [4.78, 5) is 30.0. The molecule has 28 heavy (non-hydrogen) atoms. The zero-order chi connectivity index (χ0) is 19.7. The minimum atomic E-state index is -0.447. The van der Waals surface area contributed by atoms with Gasteiger partial charge >= 0.3 is 5.97 Å². The Bertz CT molecular complexity index is 1050. The number of rotatable bonds is 5. The van der Waals surface area contributed by atoms with E-state index in [0.717, 1.165) is 29.5 Å². The van der Waals surface area contributed by atoms with Crippen LogP contribution in [0.1, 0.15) is 40.6 Å². The number of thiophene rings is 1. The zero-order valence-electron chi connectivity index (χ0n) is 16.2. The summed E-state index contributed by atoms with van der Waals surface area (Å²) in [6, 6.07) is 0. The van der Waals surface area contributed by atoms with Crippen LogP contribution in [0, 0.1) is 0 Å². The van der Waals surface area contributed by atoms with Crippen molar-refractivity contribution in [1.82, 2.24) is 24.6 Å². The summed E-state index contributed by atoms with van der Waals surface area (Å²) >= 11 is 1.72. The number of aromatic nitrogens is 4. The molecule has 0 aliphatic heterocycles. The number of ether oxygens (including phenoxy) is 1. The van der Waals surface area contributed by atoms with E-state index in [4.69, 9.17) is 4.74 Å². The molecule has 8 nitrogen and oxygen atoms in total. The van der Waals surface area contributed by atoms with E-state index in [2.05, 4.69) is 20.1 Å². The first-order chi connectivity index (χ1) is 13.6. The third-order valence-corrected chi connectivity index (χ3v) is 5.78. The number of aliphatic imine (C=N–C) groups is 1. The molecule has 0 aromatic carbocycles. The fraction of sp³-hybridized carbons (Fsp3) is 0.421. The van der Waals surface area contributed by atoms with Crippen LogP contribution in [0.5, 0.6) is 0 Å². The molecule has 0 fully saturated rings. The highest BCUT2D eigenvalue weighted by Gasteiger charge is 2.25. The van der Waals surface area contributed by atoms with Crippen LogP contribution < -0.4 is 0 Å². The predicted octanol–water partition coefficient (Wildman–Crippen LogP) is 3.15. The van der Waals surface area contributed by atoms with Crippen molar-refractivity contribution in [2.75, 3.05) is 20.7 Å². The average Bonchev–Trinajstić information content (AvgIpc) is 3.27. The third-order valence-electron chi connectivity index (χ3n) is 4.58. The number of nitrogens with zero attached hydrogens (tertiary/aromatic N) is 6. The quantitative estimate of drug-likeness (QED) is 0.373. The van der Waals surface area contributed by atoms with E-state index in [9.17, 15) is 4.79 Å². The number of hydrogen-bond acceptors (Lipinski definition) is 7. The lowest BCUT2D eigenvalue weighted by atomic mass is 9.97. The minimum absolute atomic E-state index is 0.288. The lowest BCUT2D eigenvalue weighted by Crippen LogP contribution is -2.10. The summed E-state index contributed by atoms with van der Waals surface area (Å²) in [6.45, 7) is 2.06. The Morgan fingerprint density at radius 1 is 1.36 bits per heavy atom. The van der Waals surface area contributed by atoms with Gasteiger partial charge in [-0.3, -0.25) is 0 Å². The van der Waals surface area contributed by atoms with Gasteiger partial charge in [0.15, 0.2) is 11.6 Å². The number of esters is 1. The number of carbonyl (C=O) groups is 1. The van der Waals surface area contributed by atoms with E-state index < -0.39 is 5.97 Å². The van der Waals surface area contributed by atoms with Crippen LogP contribution in [0.2, 0.25) is 0 Å². The lowest BCUT2D eigenvalue weighted by Gasteiger charge is -2.12. The maximum atomic E-state index is 12.4. The van der Waals surface area contributed by atoms with Crippen molar-refractivity contribution >= 4 is 39.7 Å². The molecule has 0 N–H and O–H groups in total. The Kier molecular flexibility index (Phi) is 5.08. The minimum Gasteiger partial charge on any atom is -0.462 e. The van der Waals surface area contributed by atoms with Crippen molar-refractivity contribution in [1.29, 1.82) is 0 Å². The third kappa shape index (κ3) is 3.26. The van der Waals surface area contributed by atoms with Crippen LogP contribution in [-0.4, -0.2) is 57.7 Å². The summed E-state index contributed by atoms with van der Waals surface area (Å²) in [7, 11) is 3.73. The van der Waals surface area contributed by atoms with E-state index in [1.165, 1.54) is 23.1 Å². The maximum Gasteiger partial charge on any atom is 0.343 e. The van der Waals surface area contributed by atoms with Gasteiger partial charge in [-0.1, -0.05) is 0 Å². The molecule has 0 spiro atoms. The SMILES string of the molecule is CCOC(=O)c1cnn(-c2ncnc3sc4c(c23)CCCC4)c1/N=C/N(C)C. The maximum absolute atomic E-state index is 12.4. The molecule has 146 valence electrons. The molecule has 3 aromatic heterocycles. The second kappa shape index (κ2) is 7.67. The summed E-state index contributed by atoms with van der Waals surface area (Å²) in [6.07, 6.45) is 9.13. The van der Waals surface area contributed by atoms with E-state index >= 15 is 0 Å². The van der Waals surface area contributed by atoms with Crippen molar-refractivity contribution in [2.24, 2.45) is 4.99 Å². The topological polar surface area (TPSA) is 85.5 Å². The van der Waals surface area contributed by atoms with Gasteiger partial charge in [0.1, 0.15) is 16.7 Å². The van der Waals surface area contributed by atoms with Crippen molar-refractivity contribution in [3.05, 3.63) is 28.5 Å². The highest BCUT2D eigenvalue weighted by atomic mass is 32.1. The van der Waals surface area contributed by atoms with Gasteiger partial charge in [-0.2, -0.15) is 9.78 Å². The van der Waals surface area contributed by atoms with Crippen LogP contribution in [0.4, 0.5) is 5.82 Å². The second-order valence-corrected chi connectivity index (χ2v) is 7.89. The Morgan fingerprint density at radius 2 is 2.18 bits per heavy atom. The molecule has 0 unspecified atom stereocenters. The first kappa shape index (κ1) is 18.5. The van der Waals surface area contributed by atoms with Gasteiger partial charge in [-0.05, 0) is 38.2 Å². The number of fused-ring (bicyclic) bond motifs is 3.